The van der Waals surface area contributed by atoms with Crippen molar-refractivity contribution >= 4 is 55.0 Å². The number of aromatic nitrogens is 1. The summed E-state index contributed by atoms with van der Waals surface area (Å²) in [5.41, 5.74) is 4.82. The summed E-state index contributed by atoms with van der Waals surface area (Å²) >= 11 is 3.28. The largest absolute Gasteiger partial charge is 0.230 e. The van der Waals surface area contributed by atoms with Crippen molar-refractivity contribution in [2.45, 2.75) is 12.5 Å². The number of thiazole rings is 1. The average molecular weight is 542 g/mol. The SMILES string of the molecule is c1ccc(N=Nc2sc(N3N=C(c4ccccc4)CC3c3cccs3)nc2-c2ccc3ccccc3c2)cc1. The smallest absolute Gasteiger partial charge is 0.209 e. The maximum Gasteiger partial charge on any atom is 0.209 e. The van der Waals surface area contributed by atoms with Gasteiger partial charge < -0.3 is 0 Å². The Kier molecular flexibility index (Phi) is 6.28. The Morgan fingerprint density at radius 3 is 2.28 bits per heavy atom. The lowest BCUT2D eigenvalue weighted by Crippen LogP contribution is -2.17. The topological polar surface area (TPSA) is 53.2 Å². The first-order valence-electron chi connectivity index (χ1n) is 12.7. The number of hydrogen-bond donors (Lipinski definition) is 0. The zero-order valence-corrected chi connectivity index (χ0v) is 22.5. The first-order chi connectivity index (χ1) is 19.3. The summed E-state index contributed by atoms with van der Waals surface area (Å²) in [6, 6.07) is 39.3. The minimum absolute atomic E-state index is 0.0784. The van der Waals surface area contributed by atoms with Crippen LogP contribution < -0.4 is 5.01 Å². The zero-order chi connectivity index (χ0) is 26.0. The van der Waals surface area contributed by atoms with Crippen LogP contribution in [-0.4, -0.2) is 10.7 Å². The quantitative estimate of drug-likeness (QED) is 0.197. The molecule has 7 rings (SSSR count). The minimum atomic E-state index is 0.0784. The maximum atomic E-state index is 5.16. The molecule has 7 heteroatoms. The summed E-state index contributed by atoms with van der Waals surface area (Å²) in [5.74, 6) is 0. The summed E-state index contributed by atoms with van der Waals surface area (Å²) in [4.78, 5) is 6.42. The number of azo groups is 1. The molecule has 1 aliphatic heterocycles. The van der Waals surface area contributed by atoms with E-state index < -0.39 is 0 Å². The first-order valence-corrected chi connectivity index (χ1v) is 14.4. The summed E-state index contributed by atoms with van der Waals surface area (Å²) in [5, 5.41) is 22.5. The van der Waals surface area contributed by atoms with Crippen LogP contribution in [0, 0.1) is 0 Å². The van der Waals surface area contributed by atoms with E-state index in [9.17, 15) is 0 Å². The molecule has 2 aromatic heterocycles. The average Bonchev–Trinajstić information content (AvgIpc) is 3.77. The molecule has 0 amide bonds. The highest BCUT2D eigenvalue weighted by atomic mass is 32.1. The van der Waals surface area contributed by atoms with Gasteiger partial charge in [0.05, 0.1) is 17.4 Å². The van der Waals surface area contributed by atoms with E-state index in [4.69, 9.17) is 15.2 Å². The van der Waals surface area contributed by atoms with Crippen LogP contribution in [0.5, 0.6) is 0 Å². The Morgan fingerprint density at radius 1 is 0.718 bits per heavy atom. The van der Waals surface area contributed by atoms with Crippen molar-refractivity contribution in [2.24, 2.45) is 15.3 Å². The highest BCUT2D eigenvalue weighted by Gasteiger charge is 2.33. The van der Waals surface area contributed by atoms with Crippen molar-refractivity contribution in [3.05, 3.63) is 131 Å². The van der Waals surface area contributed by atoms with Gasteiger partial charge >= 0.3 is 0 Å². The van der Waals surface area contributed by atoms with Gasteiger partial charge in [-0.15, -0.1) is 21.6 Å². The lowest BCUT2D eigenvalue weighted by atomic mass is 10.0. The molecular weight excluding hydrogens is 519 g/mol. The second kappa shape index (κ2) is 10.4. The van der Waals surface area contributed by atoms with E-state index in [1.165, 1.54) is 21.6 Å². The van der Waals surface area contributed by atoms with E-state index in [1.54, 1.807) is 11.3 Å². The molecule has 0 bridgehead atoms. The molecule has 6 aromatic rings. The van der Waals surface area contributed by atoms with Crippen LogP contribution >= 0.6 is 22.7 Å². The van der Waals surface area contributed by atoms with E-state index in [1.807, 2.05) is 36.4 Å². The highest BCUT2D eigenvalue weighted by Crippen LogP contribution is 2.46. The highest BCUT2D eigenvalue weighted by molar-refractivity contribution is 7.19. The van der Waals surface area contributed by atoms with Crippen molar-refractivity contribution in [3.8, 4) is 11.3 Å². The fraction of sp³-hybridized carbons (Fsp3) is 0.0625. The molecule has 4 aromatic carbocycles. The van der Waals surface area contributed by atoms with E-state index in [0.717, 1.165) is 50.2 Å². The Balaban J connectivity index is 1.35. The molecule has 0 saturated heterocycles. The fourth-order valence-electron chi connectivity index (χ4n) is 4.78. The third-order valence-corrected chi connectivity index (χ3v) is 8.62. The maximum absolute atomic E-state index is 5.16. The number of anilines is 1. The number of rotatable bonds is 6. The van der Waals surface area contributed by atoms with Crippen molar-refractivity contribution in [1.82, 2.24) is 4.98 Å². The summed E-state index contributed by atoms with van der Waals surface area (Å²) in [7, 11) is 0. The predicted octanol–water partition coefficient (Wildman–Crippen LogP) is 9.80. The first kappa shape index (κ1) is 23.6. The van der Waals surface area contributed by atoms with Gasteiger partial charge in [0.1, 0.15) is 5.69 Å². The number of thiophene rings is 1. The molecular formula is C32H23N5S2. The van der Waals surface area contributed by atoms with Crippen LogP contribution in [-0.2, 0) is 0 Å². The lowest BCUT2D eigenvalue weighted by molar-refractivity contribution is 0.719. The van der Waals surface area contributed by atoms with Gasteiger partial charge in [0.25, 0.3) is 0 Å². The standard InChI is InChI=1S/C32H23N5S2/c1-3-11-23(12-4-1)27-21-28(29-16-9-19-38-29)37(36-27)32-33-30(25-18-17-22-10-7-8-13-24(22)20-25)31(39-32)35-34-26-14-5-2-6-15-26/h1-20,28H,21H2. The second-order valence-corrected chi connectivity index (χ2v) is 11.2. The zero-order valence-electron chi connectivity index (χ0n) is 20.9. The summed E-state index contributed by atoms with van der Waals surface area (Å²) in [6.45, 7) is 0. The molecule has 0 spiro atoms. The normalized spacial score (nSPS) is 15.3. The van der Waals surface area contributed by atoms with Gasteiger partial charge in [0.2, 0.25) is 5.13 Å². The molecule has 39 heavy (non-hydrogen) atoms. The van der Waals surface area contributed by atoms with Gasteiger partial charge in [-0.2, -0.15) is 5.10 Å². The molecule has 0 radical (unpaired) electrons. The van der Waals surface area contributed by atoms with Crippen molar-refractivity contribution in [2.75, 3.05) is 5.01 Å². The molecule has 0 saturated carbocycles. The van der Waals surface area contributed by atoms with Gasteiger partial charge in [-0.3, -0.25) is 0 Å². The molecule has 1 aliphatic rings. The van der Waals surface area contributed by atoms with Crippen LogP contribution in [0.4, 0.5) is 15.8 Å². The van der Waals surface area contributed by atoms with Gasteiger partial charge in [0, 0.05) is 16.9 Å². The second-order valence-electron chi connectivity index (χ2n) is 9.24. The van der Waals surface area contributed by atoms with Crippen LogP contribution in [0.15, 0.2) is 136 Å². The van der Waals surface area contributed by atoms with Crippen LogP contribution in [0.25, 0.3) is 22.0 Å². The Morgan fingerprint density at radius 2 is 1.49 bits per heavy atom. The van der Waals surface area contributed by atoms with Crippen LogP contribution in [0.2, 0.25) is 0 Å². The van der Waals surface area contributed by atoms with E-state index in [-0.39, 0.29) is 6.04 Å². The summed E-state index contributed by atoms with van der Waals surface area (Å²) < 4.78 is 0. The number of benzene rings is 4. The molecule has 0 aliphatic carbocycles. The Bertz CT molecular complexity index is 1790. The monoisotopic (exact) mass is 541 g/mol. The van der Waals surface area contributed by atoms with E-state index in [0.29, 0.717) is 0 Å². The lowest BCUT2D eigenvalue weighted by Gasteiger charge is -2.19. The molecule has 0 N–H and O–H groups in total. The summed E-state index contributed by atoms with van der Waals surface area (Å²) in [6.07, 6.45) is 0.816. The molecule has 188 valence electrons. The third kappa shape index (κ3) is 4.78. The fourth-order valence-corrected chi connectivity index (χ4v) is 6.51. The van der Waals surface area contributed by atoms with Crippen molar-refractivity contribution < 1.29 is 0 Å². The minimum Gasteiger partial charge on any atom is -0.230 e. The molecule has 0 fully saturated rings. The molecule has 3 heterocycles. The van der Waals surface area contributed by atoms with Crippen LogP contribution in [0.1, 0.15) is 22.9 Å². The van der Waals surface area contributed by atoms with E-state index >= 15 is 0 Å². The van der Waals surface area contributed by atoms with Gasteiger partial charge in [-0.05, 0) is 46.0 Å². The third-order valence-electron chi connectivity index (χ3n) is 6.72. The van der Waals surface area contributed by atoms with E-state index in [2.05, 4.69) is 94.4 Å². The number of hydrazone groups is 1. The van der Waals surface area contributed by atoms with Gasteiger partial charge in [-0.25, -0.2) is 9.99 Å². The Labute approximate surface area is 234 Å². The van der Waals surface area contributed by atoms with Gasteiger partial charge in [-0.1, -0.05) is 102 Å². The van der Waals surface area contributed by atoms with Gasteiger partial charge in [0.15, 0.2) is 5.00 Å². The van der Waals surface area contributed by atoms with Crippen molar-refractivity contribution in [3.63, 3.8) is 0 Å². The number of hydrogen-bond acceptors (Lipinski definition) is 7. The molecule has 1 atom stereocenters. The van der Waals surface area contributed by atoms with Crippen LogP contribution in [0.3, 0.4) is 0 Å². The number of fused-ring (bicyclic) bond motifs is 1. The molecule has 5 nitrogen and oxygen atoms in total. The number of nitrogens with zero attached hydrogens (tertiary/aromatic N) is 5. The van der Waals surface area contributed by atoms with Crippen molar-refractivity contribution in [1.29, 1.82) is 0 Å². The Hall–Kier alpha value is -4.46. The molecule has 1 unspecified atom stereocenters. The predicted molar refractivity (Wildman–Crippen MR) is 163 cm³/mol.